The third-order valence-electron chi connectivity index (χ3n) is 6.66. The molecule has 0 aromatic rings. The van der Waals surface area contributed by atoms with Crippen molar-refractivity contribution in [2.24, 2.45) is 17.8 Å². The van der Waals surface area contributed by atoms with E-state index in [2.05, 4.69) is 39.0 Å². The minimum Gasteiger partial charge on any atom is -0.459 e. The fraction of sp³-hybridized carbons (Fsp3) is 0.667. The molecule has 2 saturated carbocycles. The van der Waals surface area contributed by atoms with E-state index in [-0.39, 0.29) is 16.3 Å². The second-order valence-corrected chi connectivity index (χ2v) is 9.63. The van der Waals surface area contributed by atoms with E-state index in [1.807, 2.05) is 0 Å². The topological polar surface area (TPSA) is 26.3 Å². The third-order valence-corrected chi connectivity index (χ3v) is 6.92. The number of fused-ring (bicyclic) bond motifs is 5. The molecule has 130 valence electrons. The van der Waals surface area contributed by atoms with E-state index >= 15 is 0 Å². The second-order valence-electron chi connectivity index (χ2n) is 8.66. The first-order chi connectivity index (χ1) is 11.3. The lowest BCUT2D eigenvalue weighted by Crippen LogP contribution is -2.53. The molecule has 0 amide bonds. The van der Waals surface area contributed by atoms with Gasteiger partial charge in [0, 0.05) is 17.1 Å². The minimum absolute atomic E-state index is 0.0000318. The lowest BCUT2D eigenvalue weighted by molar-refractivity contribution is -0.187. The Morgan fingerprint density at radius 1 is 1.17 bits per heavy atom. The van der Waals surface area contributed by atoms with Gasteiger partial charge in [-0.1, -0.05) is 23.8 Å². The molecule has 1 heterocycles. The van der Waals surface area contributed by atoms with Crippen molar-refractivity contribution in [1.82, 2.24) is 0 Å². The maximum atomic E-state index is 11.8. The summed E-state index contributed by atoms with van der Waals surface area (Å²) in [6.07, 6.45) is 13.1. The first-order valence-corrected chi connectivity index (χ1v) is 9.79. The van der Waals surface area contributed by atoms with Crippen molar-refractivity contribution in [2.45, 2.75) is 69.6 Å². The van der Waals surface area contributed by atoms with Crippen LogP contribution in [0.4, 0.5) is 0 Å². The van der Waals surface area contributed by atoms with E-state index < -0.39 is 0 Å². The maximum Gasteiger partial charge on any atom is 0.306 e. The molecule has 0 aromatic heterocycles. The Kier molecular flexibility index (Phi) is 3.80. The summed E-state index contributed by atoms with van der Waals surface area (Å²) in [5, 5.41) is 0. The molecular weight excluding hydrogens is 316 g/mol. The predicted octanol–water partition coefficient (Wildman–Crippen LogP) is 5.02. The van der Waals surface area contributed by atoms with E-state index in [4.69, 9.17) is 17.4 Å². The molecule has 1 aliphatic heterocycles. The van der Waals surface area contributed by atoms with Gasteiger partial charge < -0.3 is 4.74 Å². The smallest absolute Gasteiger partial charge is 0.306 e. The van der Waals surface area contributed by atoms with Gasteiger partial charge in [0.1, 0.15) is 5.60 Å². The van der Waals surface area contributed by atoms with Crippen LogP contribution in [0.3, 0.4) is 0 Å². The summed E-state index contributed by atoms with van der Waals surface area (Å²) in [7, 11) is 0. The summed E-state index contributed by atoms with van der Waals surface area (Å²) in [5.74, 6) is 1.76. The molecule has 0 aromatic carbocycles. The predicted molar refractivity (Wildman–Crippen MR) is 100.0 cm³/mol. The highest BCUT2D eigenvalue weighted by Gasteiger charge is 2.53. The molecule has 2 nitrogen and oxygen atoms in total. The highest BCUT2D eigenvalue weighted by atomic mass is 32.1. The number of ether oxygens (including phenoxy) is 1. The van der Waals surface area contributed by atoms with Crippen LogP contribution < -0.4 is 0 Å². The fourth-order valence-electron chi connectivity index (χ4n) is 5.79. The van der Waals surface area contributed by atoms with Crippen molar-refractivity contribution in [3.8, 4) is 0 Å². The quantitative estimate of drug-likeness (QED) is 0.493. The van der Waals surface area contributed by atoms with E-state index in [1.165, 1.54) is 23.1 Å². The van der Waals surface area contributed by atoms with Crippen LogP contribution in [0.15, 0.2) is 34.9 Å². The summed E-state index contributed by atoms with van der Waals surface area (Å²) in [5.41, 5.74) is 4.12. The van der Waals surface area contributed by atoms with Crippen LogP contribution in [0, 0.1) is 17.8 Å². The summed E-state index contributed by atoms with van der Waals surface area (Å²) < 4.78 is 5.67. The van der Waals surface area contributed by atoms with Crippen LogP contribution in [0.5, 0.6) is 0 Å². The number of carbonyl (C=O) groups is 1. The third kappa shape index (κ3) is 2.69. The average Bonchev–Trinajstić information content (AvgIpc) is 2.58. The first-order valence-electron chi connectivity index (χ1n) is 9.35. The Balaban J connectivity index is 1.70. The summed E-state index contributed by atoms with van der Waals surface area (Å²) in [4.78, 5) is 11.8. The van der Waals surface area contributed by atoms with E-state index in [1.54, 1.807) is 0 Å². The highest BCUT2D eigenvalue weighted by Crippen LogP contribution is 2.56. The maximum absolute atomic E-state index is 11.8. The van der Waals surface area contributed by atoms with E-state index in [0.29, 0.717) is 24.2 Å². The van der Waals surface area contributed by atoms with Gasteiger partial charge >= 0.3 is 5.97 Å². The molecule has 24 heavy (non-hydrogen) atoms. The molecule has 3 heteroatoms. The van der Waals surface area contributed by atoms with Crippen LogP contribution in [0.1, 0.15) is 59.3 Å². The molecule has 4 rings (SSSR count). The van der Waals surface area contributed by atoms with Gasteiger partial charge in [0.2, 0.25) is 0 Å². The lowest BCUT2D eigenvalue weighted by Gasteiger charge is -2.53. The second kappa shape index (κ2) is 5.52. The molecule has 0 N–H and O–H groups in total. The number of esters is 1. The lowest BCUT2D eigenvalue weighted by atomic mass is 9.56. The van der Waals surface area contributed by atoms with Gasteiger partial charge in [0.05, 0.1) is 0 Å². The highest BCUT2D eigenvalue weighted by molar-refractivity contribution is 7.82. The molecule has 0 radical (unpaired) electrons. The number of hydrogen-bond donors (Lipinski definition) is 1. The van der Waals surface area contributed by atoms with Gasteiger partial charge in [-0.2, -0.15) is 12.6 Å². The number of rotatable bonds is 0. The molecular formula is C21H28O2S. The van der Waals surface area contributed by atoms with Gasteiger partial charge in [0.25, 0.3) is 0 Å². The van der Waals surface area contributed by atoms with Crippen molar-refractivity contribution in [2.75, 3.05) is 0 Å². The molecule has 3 aliphatic carbocycles. The van der Waals surface area contributed by atoms with Gasteiger partial charge in [0.15, 0.2) is 0 Å². The molecule has 0 spiro atoms. The Hall–Kier alpha value is -0.960. The van der Waals surface area contributed by atoms with Gasteiger partial charge in [-0.3, -0.25) is 4.79 Å². The Morgan fingerprint density at radius 3 is 2.75 bits per heavy atom. The molecule has 0 bridgehead atoms. The van der Waals surface area contributed by atoms with Crippen LogP contribution in [-0.4, -0.2) is 16.3 Å². The zero-order valence-corrected chi connectivity index (χ0v) is 15.9. The SMILES string of the molecule is CC1=CC(C)(S)C=C2C(=C1)CCC1C2CCC2(C)OC(=O)CCC12. The van der Waals surface area contributed by atoms with Crippen molar-refractivity contribution in [1.29, 1.82) is 0 Å². The monoisotopic (exact) mass is 344 g/mol. The first kappa shape index (κ1) is 16.5. The van der Waals surface area contributed by atoms with Crippen molar-refractivity contribution in [3.05, 3.63) is 34.9 Å². The molecule has 4 aliphatic rings. The van der Waals surface area contributed by atoms with Gasteiger partial charge in [-0.05, 0) is 75.9 Å². The average molecular weight is 345 g/mol. The molecule has 5 atom stereocenters. The normalized spacial score (nSPS) is 44.8. The van der Waals surface area contributed by atoms with Gasteiger partial charge in [-0.25, -0.2) is 0 Å². The van der Waals surface area contributed by atoms with Crippen LogP contribution in [0.25, 0.3) is 0 Å². The molecule has 1 saturated heterocycles. The van der Waals surface area contributed by atoms with E-state index in [9.17, 15) is 4.79 Å². The van der Waals surface area contributed by atoms with Gasteiger partial charge in [-0.15, -0.1) is 0 Å². The minimum atomic E-state index is -0.235. The molecule has 3 fully saturated rings. The number of hydrogen-bond acceptors (Lipinski definition) is 3. The zero-order valence-electron chi connectivity index (χ0n) is 15.0. The van der Waals surface area contributed by atoms with Crippen molar-refractivity contribution >= 4 is 18.6 Å². The summed E-state index contributed by atoms with van der Waals surface area (Å²) in [6, 6.07) is 0. The summed E-state index contributed by atoms with van der Waals surface area (Å²) in [6.45, 7) is 6.54. The number of thiol groups is 1. The Morgan fingerprint density at radius 2 is 1.96 bits per heavy atom. The van der Waals surface area contributed by atoms with E-state index in [0.717, 1.165) is 25.7 Å². The summed E-state index contributed by atoms with van der Waals surface area (Å²) >= 11 is 4.88. The Bertz CT molecular complexity index is 669. The number of carbonyl (C=O) groups excluding carboxylic acids is 1. The van der Waals surface area contributed by atoms with Crippen LogP contribution >= 0.6 is 12.6 Å². The van der Waals surface area contributed by atoms with Crippen LogP contribution in [-0.2, 0) is 9.53 Å². The largest absolute Gasteiger partial charge is 0.459 e. The molecule has 5 unspecified atom stereocenters. The fourth-order valence-corrected chi connectivity index (χ4v) is 6.13. The van der Waals surface area contributed by atoms with Crippen molar-refractivity contribution in [3.63, 3.8) is 0 Å². The zero-order chi connectivity index (χ0) is 17.1. The standard InChI is InChI=1S/C21H28O2S/c1-13-10-14-4-5-16-15(17(14)12-20(2,24)11-13)8-9-21(3)18(16)6-7-19(22)23-21/h10-12,15-16,18,24H,4-9H2,1-3H3. The number of allylic oxidation sites excluding steroid dienone is 4. The Labute approximate surface area is 150 Å². The van der Waals surface area contributed by atoms with Crippen LogP contribution in [0.2, 0.25) is 0 Å². The van der Waals surface area contributed by atoms with Crippen molar-refractivity contribution < 1.29 is 9.53 Å².